The molecule has 1 fully saturated rings. The van der Waals surface area contributed by atoms with Crippen molar-refractivity contribution in [3.63, 3.8) is 0 Å². The Balaban J connectivity index is 2.04. The molecule has 2 atom stereocenters. The molecular formula is C12H15N3. The minimum absolute atomic E-state index is 0.470. The van der Waals surface area contributed by atoms with Crippen LogP contribution in [0, 0.1) is 5.92 Å². The van der Waals surface area contributed by atoms with Gasteiger partial charge in [-0.15, -0.1) is 0 Å². The second kappa shape index (κ2) is 3.35. The summed E-state index contributed by atoms with van der Waals surface area (Å²) in [6.07, 6.45) is 5.29. The number of nitrogens with zero attached hydrogens (tertiary/aromatic N) is 2. The standard InChI is InChI=1S/C12H15N3/c1-9-6-10(13-7-9)11-8-14-12-4-2-3-5-15(11)12/h2-5,8-10,13H,6-7H2,1H3/t9-,10-/m0/s1. The fourth-order valence-electron chi connectivity index (χ4n) is 2.35. The summed E-state index contributed by atoms with van der Waals surface area (Å²) < 4.78 is 2.18. The molecule has 2 aromatic rings. The first-order valence-electron chi connectivity index (χ1n) is 5.50. The number of rotatable bonds is 1. The van der Waals surface area contributed by atoms with Crippen LogP contribution in [0.4, 0.5) is 0 Å². The average molecular weight is 201 g/mol. The molecule has 3 heteroatoms. The van der Waals surface area contributed by atoms with E-state index in [2.05, 4.69) is 33.9 Å². The van der Waals surface area contributed by atoms with Gasteiger partial charge in [0.1, 0.15) is 5.65 Å². The molecule has 0 radical (unpaired) electrons. The summed E-state index contributed by atoms with van der Waals surface area (Å²) in [5.41, 5.74) is 2.32. The molecule has 0 aromatic carbocycles. The SMILES string of the molecule is C[C@@H]1CN[C@H](c2cnc3ccccn23)C1. The number of hydrogen-bond acceptors (Lipinski definition) is 2. The van der Waals surface area contributed by atoms with Crippen molar-refractivity contribution >= 4 is 5.65 Å². The van der Waals surface area contributed by atoms with Gasteiger partial charge in [-0.25, -0.2) is 4.98 Å². The summed E-state index contributed by atoms with van der Waals surface area (Å²) in [5, 5.41) is 3.54. The van der Waals surface area contributed by atoms with Crippen LogP contribution >= 0.6 is 0 Å². The zero-order valence-electron chi connectivity index (χ0n) is 8.85. The maximum Gasteiger partial charge on any atom is 0.136 e. The number of aromatic nitrogens is 2. The summed E-state index contributed by atoms with van der Waals surface area (Å²) in [6.45, 7) is 3.40. The Morgan fingerprint density at radius 2 is 2.40 bits per heavy atom. The van der Waals surface area contributed by atoms with E-state index in [0.29, 0.717) is 6.04 Å². The maximum atomic E-state index is 4.41. The molecule has 3 heterocycles. The number of pyridine rings is 1. The van der Waals surface area contributed by atoms with E-state index < -0.39 is 0 Å². The third-order valence-corrected chi connectivity index (χ3v) is 3.15. The van der Waals surface area contributed by atoms with Gasteiger partial charge < -0.3 is 9.72 Å². The van der Waals surface area contributed by atoms with E-state index in [-0.39, 0.29) is 0 Å². The third-order valence-electron chi connectivity index (χ3n) is 3.15. The molecule has 1 N–H and O–H groups in total. The molecule has 1 aliphatic heterocycles. The third kappa shape index (κ3) is 1.43. The molecule has 0 aliphatic carbocycles. The molecular weight excluding hydrogens is 186 g/mol. The molecule has 0 bridgehead atoms. The van der Waals surface area contributed by atoms with Gasteiger partial charge in [0.2, 0.25) is 0 Å². The first-order valence-corrected chi connectivity index (χ1v) is 5.50. The van der Waals surface area contributed by atoms with Gasteiger partial charge in [-0.1, -0.05) is 13.0 Å². The van der Waals surface area contributed by atoms with Gasteiger partial charge in [0, 0.05) is 12.2 Å². The van der Waals surface area contributed by atoms with E-state index in [9.17, 15) is 0 Å². The molecule has 0 unspecified atom stereocenters. The molecule has 3 rings (SSSR count). The van der Waals surface area contributed by atoms with Crippen molar-refractivity contribution in [2.45, 2.75) is 19.4 Å². The summed E-state index contributed by atoms with van der Waals surface area (Å²) >= 11 is 0. The van der Waals surface area contributed by atoms with Crippen LogP contribution in [-0.2, 0) is 0 Å². The summed E-state index contributed by atoms with van der Waals surface area (Å²) in [5.74, 6) is 0.768. The predicted molar refractivity (Wildman–Crippen MR) is 59.7 cm³/mol. The molecule has 0 spiro atoms. The molecule has 2 aromatic heterocycles. The van der Waals surface area contributed by atoms with Crippen LogP contribution in [0.2, 0.25) is 0 Å². The molecule has 78 valence electrons. The van der Waals surface area contributed by atoms with Crippen molar-refractivity contribution in [1.82, 2.24) is 14.7 Å². The lowest BCUT2D eigenvalue weighted by Gasteiger charge is -2.09. The van der Waals surface area contributed by atoms with Gasteiger partial charge in [-0.2, -0.15) is 0 Å². The smallest absolute Gasteiger partial charge is 0.136 e. The van der Waals surface area contributed by atoms with Crippen molar-refractivity contribution in [2.75, 3.05) is 6.54 Å². The van der Waals surface area contributed by atoms with Crippen molar-refractivity contribution in [2.24, 2.45) is 5.92 Å². The van der Waals surface area contributed by atoms with Gasteiger partial charge in [-0.3, -0.25) is 0 Å². The highest BCUT2D eigenvalue weighted by Gasteiger charge is 2.24. The lowest BCUT2D eigenvalue weighted by atomic mass is 10.1. The molecule has 1 saturated heterocycles. The number of nitrogens with one attached hydrogen (secondary N) is 1. The largest absolute Gasteiger partial charge is 0.308 e. The van der Waals surface area contributed by atoms with Gasteiger partial charge in [-0.05, 0) is 31.0 Å². The van der Waals surface area contributed by atoms with Gasteiger partial charge in [0.15, 0.2) is 0 Å². The molecule has 15 heavy (non-hydrogen) atoms. The Hall–Kier alpha value is -1.35. The first-order chi connectivity index (χ1) is 7.34. The van der Waals surface area contributed by atoms with E-state index in [4.69, 9.17) is 0 Å². The van der Waals surface area contributed by atoms with E-state index in [1.54, 1.807) is 0 Å². The predicted octanol–water partition coefficient (Wildman–Crippen LogP) is 2.00. The normalized spacial score (nSPS) is 26.2. The van der Waals surface area contributed by atoms with Crippen molar-refractivity contribution < 1.29 is 0 Å². The quantitative estimate of drug-likeness (QED) is 0.764. The Labute approximate surface area is 89.1 Å². The highest BCUT2D eigenvalue weighted by molar-refractivity contribution is 5.40. The Kier molecular flexibility index (Phi) is 1.99. The molecule has 0 amide bonds. The summed E-state index contributed by atoms with van der Waals surface area (Å²) in [7, 11) is 0. The van der Waals surface area contributed by atoms with Crippen LogP contribution in [0.25, 0.3) is 5.65 Å². The highest BCUT2D eigenvalue weighted by Crippen LogP contribution is 2.26. The van der Waals surface area contributed by atoms with Crippen LogP contribution in [-0.4, -0.2) is 15.9 Å². The van der Waals surface area contributed by atoms with Crippen molar-refractivity contribution in [3.8, 4) is 0 Å². The second-order valence-corrected chi connectivity index (χ2v) is 4.41. The zero-order chi connectivity index (χ0) is 10.3. The highest BCUT2D eigenvalue weighted by atomic mass is 15.1. The number of imidazole rings is 1. The minimum Gasteiger partial charge on any atom is -0.308 e. The van der Waals surface area contributed by atoms with Gasteiger partial charge in [0.05, 0.1) is 11.9 Å². The van der Waals surface area contributed by atoms with E-state index in [1.165, 1.54) is 12.1 Å². The number of fused-ring (bicyclic) bond motifs is 1. The lowest BCUT2D eigenvalue weighted by molar-refractivity contribution is 0.595. The topological polar surface area (TPSA) is 29.3 Å². The lowest BCUT2D eigenvalue weighted by Crippen LogP contribution is -2.14. The summed E-state index contributed by atoms with van der Waals surface area (Å²) in [6, 6.07) is 6.59. The summed E-state index contributed by atoms with van der Waals surface area (Å²) in [4.78, 5) is 4.41. The van der Waals surface area contributed by atoms with E-state index in [0.717, 1.165) is 18.1 Å². The van der Waals surface area contributed by atoms with Crippen molar-refractivity contribution in [1.29, 1.82) is 0 Å². The zero-order valence-corrected chi connectivity index (χ0v) is 8.85. The minimum atomic E-state index is 0.470. The van der Waals surface area contributed by atoms with Crippen molar-refractivity contribution in [3.05, 3.63) is 36.3 Å². The maximum absolute atomic E-state index is 4.41. The van der Waals surface area contributed by atoms with Crippen LogP contribution in [0.5, 0.6) is 0 Å². The number of hydrogen-bond donors (Lipinski definition) is 1. The van der Waals surface area contributed by atoms with Crippen LogP contribution in [0.1, 0.15) is 25.1 Å². The fourth-order valence-corrected chi connectivity index (χ4v) is 2.35. The molecule has 3 nitrogen and oxygen atoms in total. The monoisotopic (exact) mass is 201 g/mol. The van der Waals surface area contributed by atoms with Crippen LogP contribution in [0.3, 0.4) is 0 Å². The Bertz CT molecular complexity index is 474. The first kappa shape index (κ1) is 8.92. The molecule has 1 aliphatic rings. The Morgan fingerprint density at radius 1 is 1.47 bits per heavy atom. The fraction of sp³-hybridized carbons (Fsp3) is 0.417. The van der Waals surface area contributed by atoms with E-state index >= 15 is 0 Å². The Morgan fingerprint density at radius 3 is 3.20 bits per heavy atom. The van der Waals surface area contributed by atoms with E-state index in [1.807, 2.05) is 18.3 Å². The van der Waals surface area contributed by atoms with Gasteiger partial charge in [0.25, 0.3) is 0 Å². The van der Waals surface area contributed by atoms with Crippen LogP contribution < -0.4 is 5.32 Å². The molecule has 0 saturated carbocycles. The second-order valence-electron chi connectivity index (χ2n) is 4.41. The van der Waals surface area contributed by atoms with Gasteiger partial charge >= 0.3 is 0 Å². The average Bonchev–Trinajstić information content (AvgIpc) is 2.83. The van der Waals surface area contributed by atoms with Crippen LogP contribution in [0.15, 0.2) is 30.6 Å².